The Morgan fingerprint density at radius 1 is 1.42 bits per heavy atom. The van der Waals surface area contributed by atoms with Gasteiger partial charge in [-0.2, -0.15) is 0 Å². The molecule has 0 bridgehead atoms. The van der Waals surface area contributed by atoms with Gasteiger partial charge in [-0.25, -0.2) is 0 Å². The van der Waals surface area contributed by atoms with Crippen molar-refractivity contribution in [3.63, 3.8) is 0 Å². The number of hydrogen-bond donors (Lipinski definition) is 2. The maximum Gasteiger partial charge on any atom is 0.105 e. The van der Waals surface area contributed by atoms with Crippen molar-refractivity contribution in [2.45, 2.75) is 37.8 Å². The van der Waals surface area contributed by atoms with Crippen LogP contribution >= 0.6 is 28.1 Å². The lowest BCUT2D eigenvalue weighted by Gasteiger charge is -2.36. The van der Waals surface area contributed by atoms with Gasteiger partial charge in [-0.1, -0.05) is 25.1 Å². The van der Waals surface area contributed by atoms with Gasteiger partial charge in [0.05, 0.1) is 12.1 Å². The number of aliphatic hydroxyl groups excluding tert-OH is 1. The molecule has 104 valence electrons. The third kappa shape index (κ3) is 3.27. The fourth-order valence-corrected chi connectivity index (χ4v) is 3.55. The van der Waals surface area contributed by atoms with Crippen LogP contribution in [0.25, 0.3) is 0 Å². The number of anilines is 1. The summed E-state index contributed by atoms with van der Waals surface area (Å²) in [5, 5.41) is 10.1. The quantitative estimate of drug-likeness (QED) is 0.829. The minimum absolute atomic E-state index is 0.191. The molecule has 1 aromatic carbocycles. The van der Waals surface area contributed by atoms with Gasteiger partial charge < -0.3 is 15.7 Å². The normalized spacial score (nSPS) is 23.1. The van der Waals surface area contributed by atoms with Crippen LogP contribution in [0.2, 0.25) is 0 Å². The Bertz CT molecular complexity index is 481. The number of thiocarbonyl (C=S) groups is 1. The summed E-state index contributed by atoms with van der Waals surface area (Å²) >= 11 is 8.50. The standard InChI is InChI=1S/C14H19BrN2OS/c1-17(12-4-2-3-5-13(12)18)9-6-7-10(14(16)19)11(15)8-9/h6-8,12-13,18H,2-5H2,1H3,(H2,16,19). The van der Waals surface area contributed by atoms with E-state index in [4.69, 9.17) is 18.0 Å². The van der Waals surface area contributed by atoms with Crippen LogP contribution in [0, 0.1) is 0 Å². The molecule has 0 saturated heterocycles. The third-order valence-electron chi connectivity index (χ3n) is 3.82. The maximum atomic E-state index is 10.1. The molecule has 2 rings (SSSR count). The van der Waals surface area contributed by atoms with E-state index in [-0.39, 0.29) is 12.1 Å². The second kappa shape index (κ2) is 6.20. The molecule has 0 amide bonds. The molecule has 0 aliphatic heterocycles. The van der Waals surface area contributed by atoms with Crippen molar-refractivity contribution in [2.75, 3.05) is 11.9 Å². The molecule has 1 saturated carbocycles. The van der Waals surface area contributed by atoms with Crippen molar-refractivity contribution in [3.05, 3.63) is 28.2 Å². The van der Waals surface area contributed by atoms with Crippen LogP contribution in [0.1, 0.15) is 31.2 Å². The predicted molar refractivity (Wildman–Crippen MR) is 86.7 cm³/mol. The molecule has 1 aromatic rings. The zero-order valence-corrected chi connectivity index (χ0v) is 13.4. The molecule has 1 aliphatic carbocycles. The van der Waals surface area contributed by atoms with Gasteiger partial charge in [-0.05, 0) is 47.0 Å². The van der Waals surface area contributed by atoms with Crippen LogP contribution in [0.4, 0.5) is 5.69 Å². The van der Waals surface area contributed by atoms with Crippen molar-refractivity contribution in [3.8, 4) is 0 Å². The zero-order chi connectivity index (χ0) is 14.0. The SMILES string of the molecule is CN(c1ccc(C(N)=S)c(Br)c1)C1CCCCC1O. The molecule has 0 spiro atoms. The van der Waals surface area contributed by atoms with E-state index in [0.29, 0.717) is 4.99 Å². The molecule has 3 N–H and O–H groups in total. The summed E-state index contributed by atoms with van der Waals surface area (Å²) in [7, 11) is 2.03. The lowest BCUT2D eigenvalue weighted by molar-refractivity contribution is 0.106. The van der Waals surface area contributed by atoms with Gasteiger partial charge in [-0.3, -0.25) is 0 Å². The predicted octanol–water partition coefficient (Wildman–Crippen LogP) is 2.82. The molecule has 3 nitrogen and oxygen atoms in total. The van der Waals surface area contributed by atoms with Crippen LogP contribution in [0.15, 0.2) is 22.7 Å². The number of rotatable bonds is 3. The van der Waals surface area contributed by atoms with Crippen LogP contribution < -0.4 is 10.6 Å². The van der Waals surface area contributed by atoms with Crippen molar-refractivity contribution in [2.24, 2.45) is 5.73 Å². The van der Waals surface area contributed by atoms with Gasteiger partial charge in [0, 0.05) is 22.8 Å². The topological polar surface area (TPSA) is 49.5 Å². The molecular formula is C14H19BrN2OS. The smallest absolute Gasteiger partial charge is 0.105 e. The highest BCUT2D eigenvalue weighted by atomic mass is 79.9. The number of likely N-dealkylation sites (N-methyl/N-ethyl adjacent to an activating group) is 1. The van der Waals surface area contributed by atoms with E-state index in [2.05, 4.69) is 20.8 Å². The summed E-state index contributed by atoms with van der Waals surface area (Å²) in [6.07, 6.45) is 3.98. The van der Waals surface area contributed by atoms with Crippen molar-refractivity contribution >= 4 is 38.8 Å². The Hall–Kier alpha value is -0.650. The van der Waals surface area contributed by atoms with Gasteiger partial charge >= 0.3 is 0 Å². The molecule has 1 fully saturated rings. The first-order valence-electron chi connectivity index (χ1n) is 6.51. The molecule has 2 unspecified atom stereocenters. The van der Waals surface area contributed by atoms with E-state index in [9.17, 15) is 5.11 Å². The van der Waals surface area contributed by atoms with Crippen molar-refractivity contribution < 1.29 is 5.11 Å². The van der Waals surface area contributed by atoms with E-state index in [0.717, 1.165) is 35.0 Å². The summed E-state index contributed by atoms with van der Waals surface area (Å²) in [6.45, 7) is 0. The minimum atomic E-state index is -0.243. The summed E-state index contributed by atoms with van der Waals surface area (Å²) < 4.78 is 0.898. The number of nitrogens with zero attached hydrogens (tertiary/aromatic N) is 1. The van der Waals surface area contributed by atoms with Crippen LogP contribution in [-0.2, 0) is 0 Å². The lowest BCUT2D eigenvalue weighted by Crippen LogP contribution is -2.43. The van der Waals surface area contributed by atoms with Crippen LogP contribution in [-0.4, -0.2) is 29.3 Å². The Labute approximate surface area is 127 Å². The highest BCUT2D eigenvalue weighted by molar-refractivity contribution is 9.10. The monoisotopic (exact) mass is 342 g/mol. The lowest BCUT2D eigenvalue weighted by atomic mass is 9.91. The average molecular weight is 343 g/mol. The number of halogens is 1. The van der Waals surface area contributed by atoms with Crippen LogP contribution in [0.5, 0.6) is 0 Å². The number of nitrogens with two attached hydrogens (primary N) is 1. The molecule has 1 aliphatic rings. The molecule has 0 aromatic heterocycles. The first kappa shape index (κ1) is 14.8. The first-order valence-corrected chi connectivity index (χ1v) is 7.71. The molecule has 5 heteroatoms. The molecule has 19 heavy (non-hydrogen) atoms. The van der Waals surface area contributed by atoms with Crippen molar-refractivity contribution in [1.82, 2.24) is 0 Å². The largest absolute Gasteiger partial charge is 0.391 e. The van der Waals surface area contributed by atoms with E-state index in [1.807, 2.05) is 25.2 Å². The summed E-state index contributed by atoms with van der Waals surface area (Å²) in [5.41, 5.74) is 7.56. The number of benzene rings is 1. The average Bonchev–Trinajstić information content (AvgIpc) is 2.38. The Balaban J connectivity index is 2.21. The summed E-state index contributed by atoms with van der Waals surface area (Å²) in [4.78, 5) is 2.54. The first-order chi connectivity index (χ1) is 9.00. The van der Waals surface area contributed by atoms with Gasteiger partial charge in [0.2, 0.25) is 0 Å². The van der Waals surface area contributed by atoms with Crippen LogP contribution in [0.3, 0.4) is 0 Å². The van der Waals surface area contributed by atoms with E-state index in [1.54, 1.807) is 0 Å². The summed E-state index contributed by atoms with van der Waals surface area (Å²) in [5.74, 6) is 0. The van der Waals surface area contributed by atoms with Gasteiger partial charge in [0.25, 0.3) is 0 Å². The molecular weight excluding hydrogens is 324 g/mol. The highest BCUT2D eigenvalue weighted by Gasteiger charge is 2.27. The third-order valence-corrected chi connectivity index (χ3v) is 4.69. The van der Waals surface area contributed by atoms with E-state index >= 15 is 0 Å². The zero-order valence-electron chi connectivity index (χ0n) is 11.0. The Morgan fingerprint density at radius 2 is 2.11 bits per heavy atom. The van der Waals surface area contributed by atoms with Crippen molar-refractivity contribution in [1.29, 1.82) is 0 Å². The van der Waals surface area contributed by atoms with Gasteiger partial charge in [0.1, 0.15) is 4.99 Å². The second-order valence-corrected chi connectivity index (χ2v) is 6.35. The number of aliphatic hydroxyl groups is 1. The molecule has 0 heterocycles. The van der Waals surface area contributed by atoms with Gasteiger partial charge in [0.15, 0.2) is 0 Å². The Kier molecular flexibility index (Phi) is 4.81. The molecule has 0 radical (unpaired) electrons. The highest BCUT2D eigenvalue weighted by Crippen LogP contribution is 2.29. The number of hydrogen-bond acceptors (Lipinski definition) is 3. The Morgan fingerprint density at radius 3 is 2.68 bits per heavy atom. The summed E-state index contributed by atoms with van der Waals surface area (Å²) in [6, 6.07) is 6.13. The fraction of sp³-hybridized carbons (Fsp3) is 0.500. The maximum absolute atomic E-state index is 10.1. The second-order valence-electron chi connectivity index (χ2n) is 5.06. The minimum Gasteiger partial charge on any atom is -0.391 e. The van der Waals surface area contributed by atoms with Gasteiger partial charge in [-0.15, -0.1) is 0 Å². The van der Waals surface area contributed by atoms with E-state index in [1.165, 1.54) is 6.42 Å². The fourth-order valence-electron chi connectivity index (χ4n) is 2.66. The van der Waals surface area contributed by atoms with E-state index < -0.39 is 0 Å². The molecule has 2 atom stereocenters.